The maximum absolute atomic E-state index is 12.7. The van der Waals surface area contributed by atoms with Gasteiger partial charge in [0.15, 0.2) is 0 Å². The standard InChI is InChI=1S/C19H23NO3S/c1-4-23-19(21)15(3)18(16-8-6-5-7-9-16)20-24(22)17-12-10-14(2)11-13-17/h5-13,15,18,20H,4H2,1-3H3/t15-,18+,24+/m1/s1. The Morgan fingerprint density at radius 3 is 2.33 bits per heavy atom. The van der Waals surface area contributed by atoms with Crippen LogP contribution in [-0.2, 0) is 20.5 Å². The highest BCUT2D eigenvalue weighted by atomic mass is 32.2. The third-order valence-corrected chi connectivity index (χ3v) is 4.95. The normalized spacial score (nSPS) is 14.6. The molecule has 2 aromatic rings. The van der Waals surface area contributed by atoms with Crippen molar-refractivity contribution in [2.75, 3.05) is 6.61 Å². The van der Waals surface area contributed by atoms with Crippen LogP contribution in [0.1, 0.15) is 31.0 Å². The highest BCUT2D eigenvalue weighted by molar-refractivity contribution is 7.83. The first kappa shape index (κ1) is 18.4. The zero-order chi connectivity index (χ0) is 17.5. The average molecular weight is 345 g/mol. The molecule has 3 atom stereocenters. The average Bonchev–Trinajstić information content (AvgIpc) is 2.60. The molecule has 5 heteroatoms. The van der Waals surface area contributed by atoms with Crippen molar-refractivity contribution < 1.29 is 13.7 Å². The lowest BCUT2D eigenvalue weighted by molar-refractivity contribution is -0.148. The summed E-state index contributed by atoms with van der Waals surface area (Å²) in [4.78, 5) is 12.8. The minimum absolute atomic E-state index is 0.306. The number of carbonyl (C=O) groups is 1. The number of hydrogen-bond acceptors (Lipinski definition) is 3. The Labute approximate surface area is 145 Å². The van der Waals surface area contributed by atoms with E-state index in [2.05, 4.69) is 4.72 Å². The molecule has 0 saturated carbocycles. The van der Waals surface area contributed by atoms with Crippen LogP contribution in [0.5, 0.6) is 0 Å². The van der Waals surface area contributed by atoms with E-state index in [-0.39, 0.29) is 5.97 Å². The van der Waals surface area contributed by atoms with E-state index in [0.29, 0.717) is 11.5 Å². The molecule has 0 unspecified atom stereocenters. The summed E-state index contributed by atoms with van der Waals surface area (Å²) >= 11 is 0. The van der Waals surface area contributed by atoms with Crippen molar-refractivity contribution in [3.05, 3.63) is 65.7 Å². The van der Waals surface area contributed by atoms with Gasteiger partial charge in [0.2, 0.25) is 0 Å². The number of hydrogen-bond donors (Lipinski definition) is 1. The molecule has 1 N–H and O–H groups in total. The molecule has 4 nitrogen and oxygen atoms in total. The van der Waals surface area contributed by atoms with Crippen molar-refractivity contribution in [1.82, 2.24) is 4.72 Å². The van der Waals surface area contributed by atoms with Crippen LogP contribution < -0.4 is 4.72 Å². The first-order valence-electron chi connectivity index (χ1n) is 7.99. The number of carbonyl (C=O) groups excluding carboxylic acids is 1. The van der Waals surface area contributed by atoms with E-state index in [4.69, 9.17) is 4.74 Å². The molecular formula is C19H23NO3S. The highest BCUT2D eigenvalue weighted by Crippen LogP contribution is 2.24. The third kappa shape index (κ3) is 4.76. The fourth-order valence-corrected chi connectivity index (χ4v) is 3.46. The van der Waals surface area contributed by atoms with Crippen LogP contribution in [0.4, 0.5) is 0 Å². The van der Waals surface area contributed by atoms with Gasteiger partial charge in [0, 0.05) is 0 Å². The predicted molar refractivity (Wildman–Crippen MR) is 95.7 cm³/mol. The molecule has 128 valence electrons. The molecule has 2 rings (SSSR count). The second kappa shape index (κ2) is 8.76. The van der Waals surface area contributed by atoms with E-state index >= 15 is 0 Å². The van der Waals surface area contributed by atoms with Gasteiger partial charge in [-0.15, -0.1) is 0 Å². The number of nitrogens with one attached hydrogen (secondary N) is 1. The Hall–Kier alpha value is -1.98. The number of benzene rings is 2. The molecule has 0 aliphatic heterocycles. The van der Waals surface area contributed by atoms with E-state index in [0.717, 1.165) is 11.1 Å². The molecule has 0 fully saturated rings. The first-order valence-corrected chi connectivity index (χ1v) is 9.14. The molecule has 0 aliphatic rings. The Morgan fingerprint density at radius 1 is 1.12 bits per heavy atom. The van der Waals surface area contributed by atoms with Crippen molar-refractivity contribution in [1.29, 1.82) is 0 Å². The fourth-order valence-electron chi connectivity index (χ4n) is 2.37. The first-order chi connectivity index (χ1) is 11.5. The maximum atomic E-state index is 12.7. The Balaban J connectivity index is 2.24. The van der Waals surface area contributed by atoms with Gasteiger partial charge in [-0.2, -0.15) is 0 Å². The molecular weight excluding hydrogens is 322 g/mol. The van der Waals surface area contributed by atoms with Crippen LogP contribution in [0, 0.1) is 12.8 Å². The molecule has 24 heavy (non-hydrogen) atoms. The van der Waals surface area contributed by atoms with E-state index in [1.54, 1.807) is 13.8 Å². The second-order valence-electron chi connectivity index (χ2n) is 5.63. The van der Waals surface area contributed by atoms with Crippen LogP contribution in [-0.4, -0.2) is 16.8 Å². The summed E-state index contributed by atoms with van der Waals surface area (Å²) in [6.07, 6.45) is 0. The highest BCUT2D eigenvalue weighted by Gasteiger charge is 2.28. The summed E-state index contributed by atoms with van der Waals surface area (Å²) in [5, 5.41) is 0. The zero-order valence-electron chi connectivity index (χ0n) is 14.2. The quantitative estimate of drug-likeness (QED) is 0.781. The third-order valence-electron chi connectivity index (χ3n) is 3.79. The van der Waals surface area contributed by atoms with Crippen LogP contribution >= 0.6 is 0 Å². The minimum Gasteiger partial charge on any atom is -0.466 e. The van der Waals surface area contributed by atoms with Gasteiger partial charge in [0.1, 0.15) is 11.0 Å². The lowest BCUT2D eigenvalue weighted by Crippen LogP contribution is -2.33. The number of ether oxygens (including phenoxy) is 1. The monoisotopic (exact) mass is 345 g/mol. The summed E-state index contributed by atoms with van der Waals surface area (Å²) in [7, 11) is -1.42. The molecule has 0 aromatic heterocycles. The van der Waals surface area contributed by atoms with Crippen molar-refractivity contribution >= 4 is 17.0 Å². The predicted octanol–water partition coefficient (Wildman–Crippen LogP) is 3.55. The lowest BCUT2D eigenvalue weighted by Gasteiger charge is -2.24. The van der Waals surface area contributed by atoms with Crippen molar-refractivity contribution in [3.8, 4) is 0 Å². The van der Waals surface area contributed by atoms with Gasteiger partial charge in [-0.25, -0.2) is 8.93 Å². The lowest BCUT2D eigenvalue weighted by atomic mass is 9.95. The van der Waals surface area contributed by atoms with Crippen LogP contribution in [0.3, 0.4) is 0 Å². The Morgan fingerprint density at radius 2 is 1.75 bits per heavy atom. The van der Waals surface area contributed by atoms with Gasteiger partial charge in [0.25, 0.3) is 0 Å². The molecule has 0 spiro atoms. The molecule has 0 amide bonds. The zero-order valence-corrected chi connectivity index (χ0v) is 15.0. The largest absolute Gasteiger partial charge is 0.466 e. The summed E-state index contributed by atoms with van der Waals surface area (Å²) in [6.45, 7) is 5.87. The summed E-state index contributed by atoms with van der Waals surface area (Å²) in [5.74, 6) is -0.762. The van der Waals surface area contributed by atoms with Gasteiger partial charge >= 0.3 is 5.97 Å². The van der Waals surface area contributed by atoms with Crippen LogP contribution in [0.2, 0.25) is 0 Å². The SMILES string of the molecule is CCOC(=O)[C@H](C)[C@H](N[S@@](=O)c1ccc(C)cc1)c1ccccc1. The van der Waals surface area contributed by atoms with E-state index < -0.39 is 22.9 Å². The van der Waals surface area contributed by atoms with Gasteiger partial charge in [-0.05, 0) is 31.5 Å². The van der Waals surface area contributed by atoms with Gasteiger partial charge in [-0.1, -0.05) is 55.0 Å². The van der Waals surface area contributed by atoms with Crippen molar-refractivity contribution in [3.63, 3.8) is 0 Å². The number of esters is 1. The second-order valence-corrected chi connectivity index (χ2v) is 6.87. The maximum Gasteiger partial charge on any atom is 0.310 e. The van der Waals surface area contributed by atoms with Crippen molar-refractivity contribution in [2.24, 2.45) is 5.92 Å². The summed E-state index contributed by atoms with van der Waals surface area (Å²) in [6, 6.07) is 16.6. The van der Waals surface area contributed by atoms with Gasteiger partial charge < -0.3 is 4.74 Å². The Kier molecular flexibility index (Phi) is 6.70. The molecule has 0 heterocycles. The van der Waals surface area contributed by atoms with E-state index in [1.807, 2.05) is 61.5 Å². The topological polar surface area (TPSA) is 55.4 Å². The van der Waals surface area contributed by atoms with E-state index in [9.17, 15) is 9.00 Å². The summed E-state index contributed by atoms with van der Waals surface area (Å²) < 4.78 is 20.9. The van der Waals surface area contributed by atoms with Gasteiger partial charge in [0.05, 0.1) is 23.5 Å². The Bertz CT molecular complexity index is 686. The molecule has 0 aliphatic carbocycles. The minimum atomic E-state index is -1.42. The molecule has 0 bridgehead atoms. The van der Waals surface area contributed by atoms with Gasteiger partial charge in [-0.3, -0.25) is 4.79 Å². The fraction of sp³-hybridized carbons (Fsp3) is 0.316. The van der Waals surface area contributed by atoms with Crippen molar-refractivity contribution in [2.45, 2.75) is 31.7 Å². The van der Waals surface area contributed by atoms with Crippen LogP contribution in [0.15, 0.2) is 59.5 Å². The smallest absolute Gasteiger partial charge is 0.310 e. The molecule has 2 aromatic carbocycles. The van der Waals surface area contributed by atoms with Crippen LogP contribution in [0.25, 0.3) is 0 Å². The van der Waals surface area contributed by atoms with E-state index in [1.165, 1.54) is 0 Å². The number of rotatable bonds is 7. The molecule has 0 saturated heterocycles. The number of aryl methyl sites for hydroxylation is 1. The molecule has 0 radical (unpaired) electrons. The summed E-state index contributed by atoms with van der Waals surface area (Å²) in [5.41, 5.74) is 2.01.